The Morgan fingerprint density at radius 3 is 2.04 bits per heavy atom. The molecule has 0 saturated heterocycles. The van der Waals surface area contributed by atoms with Gasteiger partial charge in [-0.15, -0.1) is 0 Å². The summed E-state index contributed by atoms with van der Waals surface area (Å²) in [7, 11) is 0. The number of carboxylic acid groups (broad SMARTS) is 2. The minimum Gasteiger partial charge on any atom is -0.478 e. The van der Waals surface area contributed by atoms with E-state index in [9.17, 15) is 19.8 Å². The average Bonchev–Trinajstić information content (AvgIpc) is 2.51. The largest absolute Gasteiger partial charge is 0.478 e. The topological polar surface area (TPSA) is 74.6 Å². The van der Waals surface area contributed by atoms with Crippen LogP contribution in [0.4, 0.5) is 0 Å². The van der Waals surface area contributed by atoms with Crippen molar-refractivity contribution in [3.8, 4) is 0 Å². The van der Waals surface area contributed by atoms with Crippen LogP contribution in [0, 0.1) is 0 Å². The highest BCUT2D eigenvalue weighted by Crippen LogP contribution is 2.24. The second-order valence-corrected chi connectivity index (χ2v) is 6.00. The molecule has 0 atom stereocenters. The number of hydrogen-bond donors (Lipinski definition) is 2. The molecule has 0 saturated carbocycles. The van der Waals surface area contributed by atoms with Crippen LogP contribution in [0.5, 0.6) is 0 Å². The predicted molar refractivity (Wildman–Crippen MR) is 91.4 cm³/mol. The number of carboxylic acids is 2. The molecule has 0 amide bonds. The van der Waals surface area contributed by atoms with E-state index in [2.05, 4.69) is 6.92 Å². The van der Waals surface area contributed by atoms with E-state index in [0.717, 1.165) is 31.2 Å². The van der Waals surface area contributed by atoms with Crippen LogP contribution in [0.25, 0.3) is 0 Å². The molecular weight excluding hydrogens is 292 g/mol. The van der Waals surface area contributed by atoms with E-state index in [0.29, 0.717) is 12.0 Å². The smallest absolute Gasteiger partial charge is 0.336 e. The van der Waals surface area contributed by atoms with E-state index in [4.69, 9.17) is 0 Å². The number of benzene rings is 1. The SMILES string of the molecule is CCCCCCCCc1ccc(C(=O)O)c(C(=O)O)c1CCC. The minimum absolute atomic E-state index is 0.0252. The van der Waals surface area contributed by atoms with E-state index >= 15 is 0 Å². The van der Waals surface area contributed by atoms with Gasteiger partial charge in [-0.05, 0) is 36.5 Å². The number of aryl methyl sites for hydroxylation is 1. The van der Waals surface area contributed by atoms with Crippen molar-refractivity contribution in [2.75, 3.05) is 0 Å². The van der Waals surface area contributed by atoms with Crippen molar-refractivity contribution in [3.63, 3.8) is 0 Å². The van der Waals surface area contributed by atoms with Crippen LogP contribution in [0.1, 0.15) is 90.6 Å². The third kappa shape index (κ3) is 5.70. The maximum Gasteiger partial charge on any atom is 0.336 e. The molecule has 0 unspecified atom stereocenters. The van der Waals surface area contributed by atoms with Crippen molar-refractivity contribution >= 4 is 11.9 Å². The maximum atomic E-state index is 11.6. The Morgan fingerprint density at radius 2 is 1.48 bits per heavy atom. The maximum absolute atomic E-state index is 11.6. The van der Waals surface area contributed by atoms with Gasteiger partial charge in [-0.25, -0.2) is 9.59 Å². The first-order valence-electron chi connectivity index (χ1n) is 8.64. The molecule has 4 nitrogen and oxygen atoms in total. The third-order valence-electron chi connectivity index (χ3n) is 4.15. The molecule has 0 aliphatic rings. The van der Waals surface area contributed by atoms with Crippen LogP contribution >= 0.6 is 0 Å². The summed E-state index contributed by atoms with van der Waals surface area (Å²) >= 11 is 0. The van der Waals surface area contributed by atoms with Gasteiger partial charge in [0.25, 0.3) is 0 Å². The van der Waals surface area contributed by atoms with E-state index in [1.807, 2.05) is 6.92 Å². The first kappa shape index (κ1) is 19.2. The molecule has 0 aliphatic carbocycles. The molecule has 0 heterocycles. The molecular formula is C19H28O4. The molecule has 0 spiro atoms. The van der Waals surface area contributed by atoms with Crippen molar-refractivity contribution in [1.82, 2.24) is 0 Å². The van der Waals surface area contributed by atoms with E-state index < -0.39 is 11.9 Å². The first-order chi connectivity index (χ1) is 11.0. The summed E-state index contributed by atoms with van der Waals surface area (Å²) in [6, 6.07) is 3.24. The number of hydrogen-bond acceptors (Lipinski definition) is 2. The number of aromatic carboxylic acids is 2. The van der Waals surface area contributed by atoms with Crippen molar-refractivity contribution in [3.05, 3.63) is 34.4 Å². The lowest BCUT2D eigenvalue weighted by atomic mass is 9.90. The molecule has 0 aromatic heterocycles. The zero-order valence-corrected chi connectivity index (χ0v) is 14.2. The summed E-state index contributed by atoms with van der Waals surface area (Å²) in [5.74, 6) is -2.32. The van der Waals surface area contributed by atoms with Gasteiger partial charge in [0.15, 0.2) is 0 Å². The fourth-order valence-electron chi connectivity index (χ4n) is 2.98. The van der Waals surface area contributed by atoms with E-state index in [1.165, 1.54) is 31.7 Å². The van der Waals surface area contributed by atoms with Gasteiger partial charge in [0.05, 0.1) is 11.1 Å². The summed E-state index contributed by atoms with van der Waals surface area (Å²) in [5.41, 5.74) is 1.56. The Hall–Kier alpha value is -1.84. The van der Waals surface area contributed by atoms with Gasteiger partial charge in [-0.1, -0.05) is 58.4 Å². The van der Waals surface area contributed by atoms with Crippen LogP contribution < -0.4 is 0 Å². The highest BCUT2D eigenvalue weighted by atomic mass is 16.4. The Labute approximate surface area is 138 Å². The Bertz CT molecular complexity index is 534. The molecule has 128 valence electrons. The number of rotatable bonds is 11. The number of carbonyl (C=O) groups is 2. The van der Waals surface area contributed by atoms with Crippen molar-refractivity contribution in [1.29, 1.82) is 0 Å². The Balaban J connectivity index is 2.92. The van der Waals surface area contributed by atoms with Gasteiger partial charge in [0.1, 0.15) is 0 Å². The summed E-state index contributed by atoms with van der Waals surface area (Å²) in [4.78, 5) is 22.9. The lowest BCUT2D eigenvalue weighted by Crippen LogP contribution is -2.14. The lowest BCUT2D eigenvalue weighted by Gasteiger charge is -2.14. The first-order valence-corrected chi connectivity index (χ1v) is 8.64. The van der Waals surface area contributed by atoms with E-state index in [1.54, 1.807) is 6.07 Å². The molecule has 1 aromatic carbocycles. The highest BCUT2D eigenvalue weighted by molar-refractivity contribution is 6.03. The molecule has 2 N–H and O–H groups in total. The molecule has 23 heavy (non-hydrogen) atoms. The van der Waals surface area contributed by atoms with Crippen LogP contribution in [-0.2, 0) is 12.8 Å². The molecule has 0 radical (unpaired) electrons. The monoisotopic (exact) mass is 320 g/mol. The second kappa shape index (κ2) is 10.0. The molecule has 0 fully saturated rings. The van der Waals surface area contributed by atoms with Gasteiger partial charge in [0.2, 0.25) is 0 Å². The summed E-state index contributed by atoms with van der Waals surface area (Å²) in [6.07, 6.45) is 9.31. The zero-order valence-electron chi connectivity index (χ0n) is 14.2. The second-order valence-electron chi connectivity index (χ2n) is 6.00. The van der Waals surface area contributed by atoms with Crippen molar-refractivity contribution < 1.29 is 19.8 Å². The Kier molecular flexibility index (Phi) is 8.38. The van der Waals surface area contributed by atoms with Crippen molar-refractivity contribution in [2.45, 2.75) is 71.6 Å². The molecule has 0 bridgehead atoms. The lowest BCUT2D eigenvalue weighted by molar-refractivity contribution is 0.0650. The van der Waals surface area contributed by atoms with E-state index in [-0.39, 0.29) is 11.1 Å². The summed E-state index contributed by atoms with van der Waals surface area (Å²) < 4.78 is 0. The van der Waals surface area contributed by atoms with Gasteiger partial charge in [0, 0.05) is 0 Å². The molecule has 4 heteroatoms. The quantitative estimate of drug-likeness (QED) is 0.566. The fourth-order valence-corrected chi connectivity index (χ4v) is 2.98. The molecule has 0 aliphatic heterocycles. The summed E-state index contributed by atoms with van der Waals surface area (Å²) in [5, 5.41) is 18.7. The predicted octanol–water partition coefficient (Wildman–Crippen LogP) is 4.94. The fraction of sp³-hybridized carbons (Fsp3) is 0.579. The van der Waals surface area contributed by atoms with Gasteiger partial charge < -0.3 is 10.2 Å². The van der Waals surface area contributed by atoms with Crippen LogP contribution in [0.15, 0.2) is 12.1 Å². The zero-order chi connectivity index (χ0) is 17.2. The normalized spacial score (nSPS) is 10.7. The average molecular weight is 320 g/mol. The molecule has 1 aromatic rings. The van der Waals surface area contributed by atoms with Gasteiger partial charge in [-0.2, -0.15) is 0 Å². The van der Waals surface area contributed by atoms with Crippen LogP contribution in [-0.4, -0.2) is 22.2 Å². The standard InChI is InChI=1S/C19H28O4/c1-3-5-6-7-8-9-11-14-12-13-16(18(20)21)17(19(22)23)15(14)10-4-2/h12-13H,3-11H2,1-2H3,(H,20,21)(H,22,23). The number of unbranched alkanes of at least 4 members (excludes halogenated alkanes) is 5. The highest BCUT2D eigenvalue weighted by Gasteiger charge is 2.22. The van der Waals surface area contributed by atoms with Gasteiger partial charge >= 0.3 is 11.9 Å². The minimum atomic E-state index is -1.18. The Morgan fingerprint density at radius 1 is 0.826 bits per heavy atom. The summed E-state index contributed by atoms with van der Waals surface area (Å²) in [6.45, 7) is 4.17. The van der Waals surface area contributed by atoms with Crippen LogP contribution in [0.3, 0.4) is 0 Å². The van der Waals surface area contributed by atoms with Crippen LogP contribution in [0.2, 0.25) is 0 Å². The third-order valence-corrected chi connectivity index (χ3v) is 4.15. The van der Waals surface area contributed by atoms with Gasteiger partial charge in [-0.3, -0.25) is 0 Å². The van der Waals surface area contributed by atoms with Crippen molar-refractivity contribution in [2.24, 2.45) is 0 Å². The molecule has 1 rings (SSSR count).